The molecular formula is C38H22N4O2. The molecule has 0 fully saturated rings. The molecule has 0 unspecified atom stereocenters. The van der Waals surface area contributed by atoms with Crippen molar-refractivity contribution in [2.45, 2.75) is 0 Å². The Morgan fingerprint density at radius 2 is 0.750 bits per heavy atom. The van der Waals surface area contributed by atoms with Gasteiger partial charge in [-0.1, -0.05) is 54.6 Å². The number of hydrogen-bond donors (Lipinski definition) is 0. The van der Waals surface area contributed by atoms with Gasteiger partial charge in [-0.05, 0) is 84.4 Å². The first-order valence-corrected chi connectivity index (χ1v) is 14.1. The number of hydrogen-bond acceptors (Lipinski definition) is 6. The molecule has 0 aromatic heterocycles. The largest absolute Gasteiger partial charge is 0.453 e. The van der Waals surface area contributed by atoms with Crippen molar-refractivity contribution in [3.05, 3.63) is 145 Å². The van der Waals surface area contributed by atoms with Crippen LogP contribution in [0.1, 0.15) is 11.1 Å². The van der Waals surface area contributed by atoms with Crippen LogP contribution in [0.3, 0.4) is 0 Å². The minimum Gasteiger partial charge on any atom is -0.453 e. The molecule has 6 aromatic carbocycles. The second-order valence-electron chi connectivity index (χ2n) is 10.4. The summed E-state index contributed by atoms with van der Waals surface area (Å²) in [5, 5.41) is 19.9. The highest BCUT2D eigenvalue weighted by atomic mass is 16.5. The van der Waals surface area contributed by atoms with Crippen LogP contribution in [0.4, 0.5) is 34.1 Å². The zero-order valence-electron chi connectivity index (χ0n) is 23.3. The lowest BCUT2D eigenvalue weighted by Crippen LogP contribution is -2.20. The van der Waals surface area contributed by atoms with Crippen LogP contribution in [0.2, 0.25) is 0 Å². The van der Waals surface area contributed by atoms with E-state index in [0.717, 1.165) is 68.2 Å². The fourth-order valence-electron chi connectivity index (χ4n) is 6.03. The van der Waals surface area contributed by atoms with Gasteiger partial charge >= 0.3 is 0 Å². The second kappa shape index (κ2) is 10.1. The van der Waals surface area contributed by atoms with Crippen LogP contribution in [0.15, 0.2) is 133 Å². The molecule has 206 valence electrons. The average molecular weight is 567 g/mol. The van der Waals surface area contributed by atoms with E-state index >= 15 is 0 Å². The Hall–Kier alpha value is -6.50. The van der Waals surface area contributed by atoms with Crippen LogP contribution in [-0.2, 0) is 0 Å². The van der Waals surface area contributed by atoms with Gasteiger partial charge in [-0.15, -0.1) is 0 Å². The summed E-state index contributed by atoms with van der Waals surface area (Å²) in [6.07, 6.45) is 0. The molecule has 2 aliphatic heterocycles. The molecule has 6 aromatic rings. The van der Waals surface area contributed by atoms with Crippen molar-refractivity contribution in [1.82, 2.24) is 0 Å². The summed E-state index contributed by atoms with van der Waals surface area (Å²) in [7, 11) is 0. The van der Waals surface area contributed by atoms with Gasteiger partial charge in [0.25, 0.3) is 0 Å². The van der Waals surface area contributed by atoms with Gasteiger partial charge in [0.05, 0.1) is 57.4 Å². The van der Waals surface area contributed by atoms with Crippen molar-refractivity contribution in [2.24, 2.45) is 0 Å². The summed E-state index contributed by atoms with van der Waals surface area (Å²) in [6, 6.07) is 47.8. The van der Waals surface area contributed by atoms with E-state index in [1.54, 1.807) is 6.07 Å². The SMILES string of the molecule is N#Cc1cc(C#N)cc(-c2c(N3c4ccccc4Oc4ccccc43)cccc2N2c3ccccc3Oc3ccccc32)c1. The summed E-state index contributed by atoms with van der Waals surface area (Å²) < 4.78 is 12.7. The molecule has 0 aliphatic carbocycles. The molecule has 0 bridgehead atoms. The number of nitrogens with zero attached hydrogens (tertiary/aromatic N) is 4. The van der Waals surface area contributed by atoms with Crippen molar-refractivity contribution in [1.29, 1.82) is 10.5 Å². The third-order valence-electron chi connectivity index (χ3n) is 7.85. The maximum atomic E-state index is 9.97. The standard InChI is InChI=1S/C38H22N4O2/c39-23-25-20-26(24-40)22-27(21-25)38-32(41-28-10-1-5-16-34(28)43-35-17-6-2-11-29(35)41)14-9-15-33(38)42-30-12-3-7-18-36(30)44-37-19-8-4-13-31(37)42/h1-22H. The fraction of sp³-hybridized carbons (Fsp3) is 0. The Labute approximate surface area is 254 Å². The first-order valence-electron chi connectivity index (χ1n) is 14.1. The third kappa shape index (κ3) is 3.94. The summed E-state index contributed by atoms with van der Waals surface area (Å²) in [6.45, 7) is 0. The zero-order valence-corrected chi connectivity index (χ0v) is 23.3. The minimum atomic E-state index is 0.408. The number of fused-ring (bicyclic) bond motifs is 4. The van der Waals surface area contributed by atoms with Gasteiger partial charge < -0.3 is 19.3 Å². The van der Waals surface area contributed by atoms with Gasteiger partial charge in [0, 0.05) is 5.56 Å². The van der Waals surface area contributed by atoms with E-state index in [-0.39, 0.29) is 0 Å². The summed E-state index contributed by atoms with van der Waals surface area (Å²) in [5.74, 6) is 2.92. The zero-order chi connectivity index (χ0) is 29.6. The molecule has 0 amide bonds. The summed E-state index contributed by atoms with van der Waals surface area (Å²) >= 11 is 0. The predicted octanol–water partition coefficient (Wildman–Crippen LogP) is 10.2. The Morgan fingerprint density at radius 3 is 1.11 bits per heavy atom. The number of para-hydroxylation sites is 8. The molecule has 6 heteroatoms. The molecule has 2 aliphatic rings. The molecule has 2 heterocycles. The third-order valence-corrected chi connectivity index (χ3v) is 7.85. The first-order chi connectivity index (χ1) is 21.7. The quantitative estimate of drug-likeness (QED) is 0.212. The fourth-order valence-corrected chi connectivity index (χ4v) is 6.03. The van der Waals surface area contributed by atoms with E-state index in [0.29, 0.717) is 11.1 Å². The smallest absolute Gasteiger partial charge is 0.151 e. The van der Waals surface area contributed by atoms with Crippen LogP contribution in [0, 0.1) is 22.7 Å². The van der Waals surface area contributed by atoms with Gasteiger partial charge in [0.15, 0.2) is 23.0 Å². The van der Waals surface area contributed by atoms with E-state index in [2.05, 4.69) is 34.1 Å². The molecule has 0 radical (unpaired) electrons. The molecule has 0 saturated heterocycles. The van der Waals surface area contributed by atoms with Crippen LogP contribution in [-0.4, -0.2) is 0 Å². The van der Waals surface area contributed by atoms with Crippen molar-refractivity contribution >= 4 is 34.1 Å². The van der Waals surface area contributed by atoms with Gasteiger partial charge in [-0.25, -0.2) is 0 Å². The minimum absolute atomic E-state index is 0.408. The van der Waals surface area contributed by atoms with E-state index in [1.165, 1.54) is 0 Å². The maximum absolute atomic E-state index is 9.97. The van der Waals surface area contributed by atoms with Crippen molar-refractivity contribution in [3.8, 4) is 46.3 Å². The Balaban J connectivity index is 1.49. The maximum Gasteiger partial charge on any atom is 0.151 e. The van der Waals surface area contributed by atoms with E-state index in [1.807, 2.05) is 115 Å². The molecule has 0 saturated carbocycles. The normalized spacial score (nSPS) is 12.3. The van der Waals surface area contributed by atoms with Gasteiger partial charge in [-0.2, -0.15) is 10.5 Å². The highest BCUT2D eigenvalue weighted by Gasteiger charge is 2.32. The Bertz CT molecular complexity index is 1950. The van der Waals surface area contributed by atoms with Gasteiger partial charge in [-0.3, -0.25) is 0 Å². The van der Waals surface area contributed by atoms with Crippen LogP contribution >= 0.6 is 0 Å². The van der Waals surface area contributed by atoms with Gasteiger partial charge in [0.1, 0.15) is 0 Å². The van der Waals surface area contributed by atoms with E-state index in [4.69, 9.17) is 9.47 Å². The lowest BCUT2D eigenvalue weighted by Gasteiger charge is -2.37. The average Bonchev–Trinajstić information content (AvgIpc) is 3.09. The molecule has 0 atom stereocenters. The lowest BCUT2D eigenvalue weighted by molar-refractivity contribution is 0.477. The number of ether oxygens (including phenoxy) is 2. The van der Waals surface area contributed by atoms with Crippen molar-refractivity contribution < 1.29 is 9.47 Å². The highest BCUT2D eigenvalue weighted by Crippen LogP contribution is 2.57. The predicted molar refractivity (Wildman–Crippen MR) is 171 cm³/mol. The number of benzene rings is 6. The Kier molecular flexibility index (Phi) is 5.79. The summed E-state index contributed by atoms with van der Waals surface area (Å²) in [4.78, 5) is 4.38. The van der Waals surface area contributed by atoms with Gasteiger partial charge in [0.2, 0.25) is 0 Å². The Morgan fingerprint density at radius 1 is 0.409 bits per heavy atom. The van der Waals surface area contributed by atoms with E-state index in [9.17, 15) is 10.5 Å². The number of anilines is 6. The summed E-state index contributed by atoms with van der Waals surface area (Å²) in [5.41, 5.74) is 7.66. The van der Waals surface area contributed by atoms with Crippen LogP contribution < -0.4 is 19.3 Å². The topological polar surface area (TPSA) is 72.5 Å². The molecule has 44 heavy (non-hydrogen) atoms. The van der Waals surface area contributed by atoms with E-state index < -0.39 is 0 Å². The van der Waals surface area contributed by atoms with Crippen molar-refractivity contribution in [3.63, 3.8) is 0 Å². The number of rotatable bonds is 3. The molecule has 6 nitrogen and oxygen atoms in total. The lowest BCUT2D eigenvalue weighted by atomic mass is 9.94. The molecule has 0 spiro atoms. The van der Waals surface area contributed by atoms with Crippen LogP contribution in [0.25, 0.3) is 11.1 Å². The molecular weight excluding hydrogens is 544 g/mol. The first kappa shape index (κ1) is 25.2. The molecule has 0 N–H and O–H groups in total. The van der Waals surface area contributed by atoms with Crippen molar-refractivity contribution in [2.75, 3.05) is 9.80 Å². The monoisotopic (exact) mass is 566 g/mol. The number of nitriles is 2. The van der Waals surface area contributed by atoms with Crippen LogP contribution in [0.5, 0.6) is 23.0 Å². The second-order valence-corrected chi connectivity index (χ2v) is 10.4. The molecule has 8 rings (SSSR count). The highest BCUT2D eigenvalue weighted by molar-refractivity contribution is 6.02.